The average molecular weight is 353 g/mol. The van der Waals surface area contributed by atoms with Gasteiger partial charge >= 0.3 is 0 Å². The summed E-state index contributed by atoms with van der Waals surface area (Å²) in [7, 11) is 1.56. The number of benzene rings is 2. The van der Waals surface area contributed by atoms with Gasteiger partial charge in [-0.25, -0.2) is 0 Å². The monoisotopic (exact) mass is 353 g/mol. The summed E-state index contributed by atoms with van der Waals surface area (Å²) >= 11 is 0. The molecule has 0 radical (unpaired) electrons. The summed E-state index contributed by atoms with van der Waals surface area (Å²) in [5.41, 5.74) is 8.24. The van der Waals surface area contributed by atoms with Crippen LogP contribution in [0.1, 0.15) is 12.0 Å². The maximum absolute atomic E-state index is 13.0. The number of carbonyl (C=O) groups is 2. The zero-order chi connectivity index (χ0) is 18.5. The van der Waals surface area contributed by atoms with E-state index in [0.29, 0.717) is 18.0 Å². The third kappa shape index (κ3) is 3.70. The normalized spacial score (nSPS) is 13.1. The Kier molecular flexibility index (Phi) is 5.53. The summed E-state index contributed by atoms with van der Waals surface area (Å²) in [6.07, 6.45) is 1.87. The molecule has 0 aliphatic carbocycles. The number of ether oxygens (including phenoxy) is 1. The topological polar surface area (TPSA) is 75.9 Å². The molecule has 0 unspecified atom stereocenters. The van der Waals surface area contributed by atoms with Gasteiger partial charge < -0.3 is 20.3 Å². The Morgan fingerprint density at radius 3 is 2.77 bits per heavy atom. The molecule has 2 aromatic rings. The number of nitrogens with zero attached hydrogens (tertiary/aromatic N) is 2. The van der Waals surface area contributed by atoms with Gasteiger partial charge in [0.05, 0.1) is 13.7 Å². The number of fused-ring (bicyclic) bond motifs is 1. The van der Waals surface area contributed by atoms with Crippen molar-refractivity contribution in [2.24, 2.45) is 5.73 Å². The number of anilines is 2. The van der Waals surface area contributed by atoms with Crippen molar-refractivity contribution in [2.75, 3.05) is 36.5 Å². The summed E-state index contributed by atoms with van der Waals surface area (Å²) < 4.78 is 5.22. The fraction of sp³-hybridized carbons (Fsp3) is 0.300. The van der Waals surface area contributed by atoms with Crippen LogP contribution in [0.4, 0.5) is 11.4 Å². The summed E-state index contributed by atoms with van der Waals surface area (Å²) in [6, 6.07) is 15.0. The number of rotatable bonds is 5. The van der Waals surface area contributed by atoms with E-state index in [0.717, 1.165) is 24.1 Å². The van der Waals surface area contributed by atoms with Crippen molar-refractivity contribution >= 4 is 23.2 Å². The van der Waals surface area contributed by atoms with Crippen molar-refractivity contribution in [3.8, 4) is 5.75 Å². The fourth-order valence-electron chi connectivity index (χ4n) is 3.23. The molecule has 3 rings (SSSR count). The molecule has 136 valence electrons. The van der Waals surface area contributed by atoms with E-state index in [1.54, 1.807) is 36.3 Å². The van der Waals surface area contributed by atoms with Gasteiger partial charge in [0.1, 0.15) is 12.3 Å². The zero-order valence-electron chi connectivity index (χ0n) is 14.9. The molecule has 2 amide bonds. The van der Waals surface area contributed by atoms with Gasteiger partial charge in [-0.1, -0.05) is 24.3 Å². The second-order valence-corrected chi connectivity index (χ2v) is 6.16. The molecule has 0 spiro atoms. The van der Waals surface area contributed by atoms with Crippen LogP contribution >= 0.6 is 0 Å². The SMILES string of the molecule is COc1cccc(N(CC(=O)N2CCCc3ccccc32)C(=O)CN)c1. The Labute approximate surface area is 153 Å². The van der Waals surface area contributed by atoms with E-state index in [9.17, 15) is 9.59 Å². The van der Waals surface area contributed by atoms with Gasteiger partial charge in [-0.05, 0) is 36.6 Å². The minimum atomic E-state index is -0.308. The van der Waals surface area contributed by atoms with Crippen molar-refractivity contribution in [1.82, 2.24) is 0 Å². The first-order valence-corrected chi connectivity index (χ1v) is 8.67. The van der Waals surface area contributed by atoms with E-state index in [4.69, 9.17) is 10.5 Å². The maximum Gasteiger partial charge on any atom is 0.247 e. The number of para-hydroxylation sites is 1. The minimum Gasteiger partial charge on any atom is -0.497 e. The lowest BCUT2D eigenvalue weighted by Crippen LogP contribution is -2.46. The number of hydrogen-bond donors (Lipinski definition) is 1. The van der Waals surface area contributed by atoms with Crippen molar-refractivity contribution in [1.29, 1.82) is 0 Å². The first-order valence-electron chi connectivity index (χ1n) is 8.67. The Morgan fingerprint density at radius 2 is 2.00 bits per heavy atom. The van der Waals surface area contributed by atoms with Gasteiger partial charge in [-0.2, -0.15) is 0 Å². The van der Waals surface area contributed by atoms with Crippen LogP contribution in [0.25, 0.3) is 0 Å². The molecule has 1 aliphatic heterocycles. The highest BCUT2D eigenvalue weighted by atomic mass is 16.5. The number of aryl methyl sites for hydroxylation is 1. The third-order valence-electron chi connectivity index (χ3n) is 4.55. The van der Waals surface area contributed by atoms with E-state index < -0.39 is 0 Å². The largest absolute Gasteiger partial charge is 0.497 e. The molecular weight excluding hydrogens is 330 g/mol. The van der Waals surface area contributed by atoms with Crippen molar-refractivity contribution in [2.45, 2.75) is 12.8 Å². The van der Waals surface area contributed by atoms with Crippen LogP contribution in [0, 0.1) is 0 Å². The van der Waals surface area contributed by atoms with Crippen LogP contribution < -0.4 is 20.3 Å². The molecule has 6 nitrogen and oxygen atoms in total. The summed E-state index contributed by atoms with van der Waals surface area (Å²) in [5.74, 6) is 0.187. The zero-order valence-corrected chi connectivity index (χ0v) is 14.9. The average Bonchev–Trinajstić information content (AvgIpc) is 2.70. The molecule has 0 saturated heterocycles. The molecule has 0 atom stereocenters. The molecule has 0 bridgehead atoms. The Morgan fingerprint density at radius 1 is 1.19 bits per heavy atom. The predicted octanol–water partition coefficient (Wildman–Crippen LogP) is 1.97. The Bertz CT molecular complexity index is 806. The highest BCUT2D eigenvalue weighted by molar-refractivity contribution is 6.04. The highest BCUT2D eigenvalue weighted by Gasteiger charge is 2.26. The van der Waals surface area contributed by atoms with Crippen LogP contribution in [-0.4, -0.2) is 38.6 Å². The van der Waals surface area contributed by atoms with E-state index in [1.807, 2.05) is 24.3 Å². The predicted molar refractivity (Wildman–Crippen MR) is 102 cm³/mol. The lowest BCUT2D eigenvalue weighted by atomic mass is 10.0. The van der Waals surface area contributed by atoms with Crippen LogP contribution in [-0.2, 0) is 16.0 Å². The van der Waals surface area contributed by atoms with Crippen LogP contribution in [0.15, 0.2) is 48.5 Å². The molecule has 6 heteroatoms. The van der Waals surface area contributed by atoms with Gasteiger partial charge in [-0.15, -0.1) is 0 Å². The number of methoxy groups -OCH3 is 1. The van der Waals surface area contributed by atoms with Crippen molar-refractivity contribution in [3.63, 3.8) is 0 Å². The number of amides is 2. The molecule has 0 saturated carbocycles. The van der Waals surface area contributed by atoms with Gasteiger partial charge in [-0.3, -0.25) is 9.59 Å². The molecule has 26 heavy (non-hydrogen) atoms. The lowest BCUT2D eigenvalue weighted by molar-refractivity contribution is -0.121. The summed E-state index contributed by atoms with van der Waals surface area (Å²) in [6.45, 7) is 0.428. The van der Waals surface area contributed by atoms with Gasteiger partial charge in [0.15, 0.2) is 0 Å². The molecule has 2 aromatic carbocycles. The number of hydrogen-bond acceptors (Lipinski definition) is 4. The van der Waals surface area contributed by atoms with Crippen molar-refractivity contribution in [3.05, 3.63) is 54.1 Å². The van der Waals surface area contributed by atoms with Gasteiger partial charge in [0, 0.05) is 24.0 Å². The van der Waals surface area contributed by atoms with Crippen LogP contribution in [0.5, 0.6) is 5.75 Å². The van der Waals surface area contributed by atoms with E-state index in [1.165, 1.54) is 4.90 Å². The highest BCUT2D eigenvalue weighted by Crippen LogP contribution is 2.27. The third-order valence-corrected chi connectivity index (χ3v) is 4.55. The molecule has 2 N–H and O–H groups in total. The lowest BCUT2D eigenvalue weighted by Gasteiger charge is -2.32. The van der Waals surface area contributed by atoms with E-state index >= 15 is 0 Å². The smallest absolute Gasteiger partial charge is 0.247 e. The molecular formula is C20H23N3O3. The second-order valence-electron chi connectivity index (χ2n) is 6.16. The van der Waals surface area contributed by atoms with Crippen molar-refractivity contribution < 1.29 is 14.3 Å². The number of nitrogens with two attached hydrogens (primary N) is 1. The fourth-order valence-corrected chi connectivity index (χ4v) is 3.23. The summed E-state index contributed by atoms with van der Waals surface area (Å²) in [5, 5.41) is 0. The molecule has 0 aromatic heterocycles. The van der Waals surface area contributed by atoms with Gasteiger partial charge in [0.25, 0.3) is 0 Å². The number of carbonyl (C=O) groups excluding carboxylic acids is 2. The summed E-state index contributed by atoms with van der Waals surface area (Å²) in [4.78, 5) is 28.5. The molecule has 0 fully saturated rings. The van der Waals surface area contributed by atoms with Crippen LogP contribution in [0.3, 0.4) is 0 Å². The van der Waals surface area contributed by atoms with Crippen LogP contribution in [0.2, 0.25) is 0 Å². The van der Waals surface area contributed by atoms with E-state index in [-0.39, 0.29) is 24.9 Å². The second kappa shape index (κ2) is 8.01. The minimum absolute atomic E-state index is 0.0580. The molecule has 1 aliphatic rings. The maximum atomic E-state index is 13.0. The molecule has 1 heterocycles. The van der Waals surface area contributed by atoms with Gasteiger partial charge in [0.2, 0.25) is 11.8 Å². The first kappa shape index (κ1) is 17.9. The Hall–Kier alpha value is -2.86. The Balaban J connectivity index is 1.86. The quantitative estimate of drug-likeness (QED) is 0.892. The van der Waals surface area contributed by atoms with E-state index in [2.05, 4.69) is 0 Å². The standard InChI is InChI=1S/C20H23N3O3/c1-26-17-9-4-8-16(12-17)23(19(24)13-21)14-20(25)22-11-5-7-15-6-2-3-10-18(15)22/h2-4,6,8-10,12H,5,7,11,13-14,21H2,1H3. The first-order chi connectivity index (χ1) is 12.6.